The van der Waals surface area contributed by atoms with Crippen LogP contribution in [-0.4, -0.2) is 22.5 Å². The maximum absolute atomic E-state index is 12.0. The number of halogens is 1. The zero-order valence-electron chi connectivity index (χ0n) is 13.5. The van der Waals surface area contributed by atoms with E-state index in [0.717, 1.165) is 21.1 Å². The Morgan fingerprint density at radius 3 is 2.96 bits per heavy atom. The van der Waals surface area contributed by atoms with E-state index in [1.54, 1.807) is 48.0 Å². The van der Waals surface area contributed by atoms with E-state index < -0.39 is 0 Å². The third kappa shape index (κ3) is 4.78. The van der Waals surface area contributed by atoms with E-state index in [1.807, 2.05) is 19.1 Å². The maximum Gasteiger partial charge on any atom is 0.258 e. The summed E-state index contributed by atoms with van der Waals surface area (Å²) in [5.74, 6) is 0.367. The molecule has 0 aliphatic carbocycles. The molecule has 1 amide bonds. The van der Waals surface area contributed by atoms with E-state index in [0.29, 0.717) is 17.3 Å². The molecule has 0 unspecified atom stereocenters. The lowest BCUT2D eigenvalue weighted by molar-refractivity contribution is -0.123. The van der Waals surface area contributed by atoms with Crippen LogP contribution in [0.2, 0.25) is 5.02 Å². The maximum atomic E-state index is 12.0. The van der Waals surface area contributed by atoms with Crippen LogP contribution in [0.25, 0.3) is 10.6 Å². The number of amides is 1. The Morgan fingerprint density at radius 2 is 2.20 bits per heavy atom. The molecule has 0 fully saturated rings. The molecule has 5 nitrogen and oxygen atoms in total. The van der Waals surface area contributed by atoms with Gasteiger partial charge in [0.25, 0.3) is 5.91 Å². The van der Waals surface area contributed by atoms with Crippen molar-refractivity contribution in [1.29, 1.82) is 0 Å². The summed E-state index contributed by atoms with van der Waals surface area (Å²) >= 11 is 7.43. The van der Waals surface area contributed by atoms with Crippen molar-refractivity contribution in [2.45, 2.75) is 13.5 Å². The Labute approximate surface area is 154 Å². The van der Waals surface area contributed by atoms with Gasteiger partial charge in [-0.1, -0.05) is 17.7 Å². The molecule has 0 atom stereocenters. The zero-order chi connectivity index (χ0) is 17.6. The van der Waals surface area contributed by atoms with Gasteiger partial charge in [0.15, 0.2) is 6.61 Å². The average molecular weight is 374 g/mol. The lowest BCUT2D eigenvalue weighted by Crippen LogP contribution is -2.28. The molecule has 3 rings (SSSR count). The Bertz CT molecular complexity index is 868. The minimum atomic E-state index is -0.198. The molecule has 2 heterocycles. The van der Waals surface area contributed by atoms with E-state index in [4.69, 9.17) is 16.3 Å². The molecular weight excluding hydrogens is 358 g/mol. The highest BCUT2D eigenvalue weighted by molar-refractivity contribution is 7.15. The van der Waals surface area contributed by atoms with Gasteiger partial charge in [0.1, 0.15) is 10.8 Å². The van der Waals surface area contributed by atoms with Crippen LogP contribution in [0.1, 0.15) is 10.6 Å². The number of pyridine rings is 1. The van der Waals surface area contributed by atoms with Crippen LogP contribution in [0, 0.1) is 6.92 Å². The van der Waals surface area contributed by atoms with Crippen LogP contribution < -0.4 is 10.1 Å². The van der Waals surface area contributed by atoms with Gasteiger partial charge in [-0.25, -0.2) is 4.98 Å². The first kappa shape index (κ1) is 17.4. The molecular formula is C18H16ClN3O2S. The Morgan fingerprint density at radius 1 is 1.32 bits per heavy atom. The van der Waals surface area contributed by atoms with Crippen molar-refractivity contribution >= 4 is 28.8 Å². The molecule has 2 aromatic heterocycles. The van der Waals surface area contributed by atoms with Gasteiger partial charge in [0, 0.05) is 27.9 Å². The summed E-state index contributed by atoms with van der Waals surface area (Å²) in [6, 6.07) is 10.8. The van der Waals surface area contributed by atoms with Crippen LogP contribution in [0.5, 0.6) is 5.75 Å². The fraction of sp³-hybridized carbons (Fsp3) is 0.167. The number of carbonyl (C=O) groups is 1. The molecule has 1 aromatic carbocycles. The molecule has 7 heteroatoms. The van der Waals surface area contributed by atoms with E-state index in [1.165, 1.54) is 0 Å². The second-order valence-corrected chi connectivity index (χ2v) is 6.81. The van der Waals surface area contributed by atoms with E-state index in [-0.39, 0.29) is 12.5 Å². The molecule has 0 saturated heterocycles. The highest BCUT2D eigenvalue weighted by Crippen LogP contribution is 2.27. The van der Waals surface area contributed by atoms with Crippen molar-refractivity contribution in [2.24, 2.45) is 0 Å². The minimum absolute atomic E-state index is 0.0618. The van der Waals surface area contributed by atoms with Gasteiger partial charge in [0.05, 0.1) is 12.2 Å². The summed E-state index contributed by atoms with van der Waals surface area (Å²) < 4.78 is 5.42. The largest absolute Gasteiger partial charge is 0.484 e. The number of rotatable bonds is 6. The number of hydrogen-bond acceptors (Lipinski definition) is 5. The lowest BCUT2D eigenvalue weighted by Gasteiger charge is -2.07. The van der Waals surface area contributed by atoms with Gasteiger partial charge in [0.2, 0.25) is 0 Å². The molecule has 128 valence electrons. The number of aromatic nitrogens is 2. The summed E-state index contributed by atoms with van der Waals surface area (Å²) in [4.78, 5) is 21.6. The number of ether oxygens (including phenoxy) is 1. The average Bonchev–Trinajstić information content (AvgIpc) is 3.00. The Balaban J connectivity index is 1.55. The quantitative estimate of drug-likeness (QED) is 0.712. The van der Waals surface area contributed by atoms with Crippen molar-refractivity contribution in [2.75, 3.05) is 6.61 Å². The summed E-state index contributed by atoms with van der Waals surface area (Å²) in [6.07, 6.45) is 3.50. The summed E-state index contributed by atoms with van der Waals surface area (Å²) in [7, 11) is 0. The highest BCUT2D eigenvalue weighted by atomic mass is 35.5. The number of nitrogens with one attached hydrogen (secondary N) is 1. The van der Waals surface area contributed by atoms with Crippen LogP contribution in [0.15, 0.2) is 48.8 Å². The number of aryl methyl sites for hydroxylation is 1. The molecule has 0 spiro atoms. The minimum Gasteiger partial charge on any atom is -0.484 e. The van der Waals surface area contributed by atoms with Gasteiger partial charge in [-0.2, -0.15) is 0 Å². The van der Waals surface area contributed by atoms with Gasteiger partial charge < -0.3 is 10.1 Å². The Hall–Kier alpha value is -2.44. The third-order valence-corrected chi connectivity index (χ3v) is 4.85. The van der Waals surface area contributed by atoms with E-state index in [2.05, 4.69) is 15.3 Å². The monoisotopic (exact) mass is 373 g/mol. The lowest BCUT2D eigenvalue weighted by atomic mass is 10.3. The molecule has 0 aliphatic rings. The fourth-order valence-corrected chi connectivity index (χ4v) is 3.31. The van der Waals surface area contributed by atoms with Gasteiger partial charge in [-0.3, -0.25) is 9.78 Å². The summed E-state index contributed by atoms with van der Waals surface area (Å²) in [6.45, 7) is 2.29. The normalized spacial score (nSPS) is 10.5. The van der Waals surface area contributed by atoms with Crippen molar-refractivity contribution in [3.8, 4) is 16.3 Å². The topological polar surface area (TPSA) is 64.1 Å². The fourth-order valence-electron chi connectivity index (χ4n) is 2.14. The van der Waals surface area contributed by atoms with Crippen molar-refractivity contribution in [3.05, 3.63) is 64.4 Å². The van der Waals surface area contributed by atoms with E-state index in [9.17, 15) is 4.79 Å². The number of thiazole rings is 1. The van der Waals surface area contributed by atoms with Crippen molar-refractivity contribution in [3.63, 3.8) is 0 Å². The number of nitrogens with zero attached hydrogens (tertiary/aromatic N) is 2. The second kappa shape index (κ2) is 8.09. The predicted octanol–water partition coefficient (Wildman–Crippen LogP) is 3.86. The van der Waals surface area contributed by atoms with E-state index >= 15 is 0 Å². The molecule has 0 saturated carbocycles. The SMILES string of the molecule is Cc1nc(-c2cccnc2)sc1CNC(=O)COc1cccc(Cl)c1. The molecule has 1 N–H and O–H groups in total. The van der Waals surface area contributed by atoms with Gasteiger partial charge in [-0.05, 0) is 37.3 Å². The molecule has 0 bridgehead atoms. The van der Waals surface area contributed by atoms with Gasteiger partial charge >= 0.3 is 0 Å². The molecule has 0 aliphatic heterocycles. The first-order chi connectivity index (χ1) is 12.1. The van der Waals surface area contributed by atoms with Crippen LogP contribution in [0.3, 0.4) is 0 Å². The van der Waals surface area contributed by atoms with Crippen molar-refractivity contribution < 1.29 is 9.53 Å². The highest BCUT2D eigenvalue weighted by Gasteiger charge is 2.11. The number of hydrogen-bond donors (Lipinski definition) is 1. The van der Waals surface area contributed by atoms with Crippen molar-refractivity contribution in [1.82, 2.24) is 15.3 Å². The summed E-state index contributed by atoms with van der Waals surface area (Å²) in [5.41, 5.74) is 1.87. The summed E-state index contributed by atoms with van der Waals surface area (Å²) in [5, 5.41) is 4.31. The first-order valence-electron chi connectivity index (χ1n) is 7.63. The molecule has 25 heavy (non-hydrogen) atoms. The first-order valence-corrected chi connectivity index (χ1v) is 8.83. The number of carbonyl (C=O) groups excluding carboxylic acids is 1. The second-order valence-electron chi connectivity index (χ2n) is 5.29. The van der Waals surface area contributed by atoms with Gasteiger partial charge in [-0.15, -0.1) is 11.3 Å². The van der Waals surface area contributed by atoms with Crippen LogP contribution in [-0.2, 0) is 11.3 Å². The predicted molar refractivity (Wildman–Crippen MR) is 98.9 cm³/mol. The molecule has 0 radical (unpaired) electrons. The number of benzene rings is 1. The third-order valence-electron chi connectivity index (χ3n) is 3.41. The smallest absolute Gasteiger partial charge is 0.258 e. The van der Waals surface area contributed by atoms with Crippen LogP contribution >= 0.6 is 22.9 Å². The Kier molecular flexibility index (Phi) is 5.63. The molecule has 3 aromatic rings. The standard InChI is InChI=1S/C18H16ClN3O2S/c1-12-16(25-18(22-12)13-4-3-7-20-9-13)10-21-17(23)11-24-15-6-2-5-14(19)8-15/h2-9H,10-11H2,1H3,(H,21,23). The zero-order valence-corrected chi connectivity index (χ0v) is 15.1. The van der Waals surface area contributed by atoms with Crippen LogP contribution in [0.4, 0.5) is 0 Å².